The van der Waals surface area contributed by atoms with Crippen LogP contribution in [0.2, 0.25) is 5.02 Å². The zero-order valence-corrected chi connectivity index (χ0v) is 11.7. The highest BCUT2D eigenvalue weighted by Gasteiger charge is 2.17. The Bertz CT molecular complexity index is 444. The van der Waals surface area contributed by atoms with E-state index < -0.39 is 0 Å². The lowest BCUT2D eigenvalue weighted by atomic mass is 10.2. The largest absolute Gasteiger partial charge is 0.492 e. The molecule has 0 spiro atoms. The van der Waals surface area contributed by atoms with E-state index in [4.69, 9.17) is 21.1 Å². The molecular weight excluding hydrogens is 266 g/mol. The molecule has 1 N–H and O–H groups in total. The minimum absolute atomic E-state index is 0.138. The molecule has 19 heavy (non-hydrogen) atoms. The minimum atomic E-state index is -0.138. The number of rotatable bonds is 5. The van der Waals surface area contributed by atoms with Gasteiger partial charge in [-0.25, -0.2) is 0 Å². The molecule has 1 aromatic rings. The maximum absolute atomic E-state index is 12.0. The standard InChI is InChI=1S/C14H18ClNO3/c1-2-18-13-6-5-10(8-12(13)15)14(17)16-9-11-4-3-7-19-11/h5-6,8,11H,2-4,7,9H2,1H3,(H,16,17)/t11-/m1/s1. The zero-order valence-electron chi connectivity index (χ0n) is 10.9. The van der Waals surface area contributed by atoms with Crippen molar-refractivity contribution in [1.82, 2.24) is 5.32 Å². The number of nitrogens with one attached hydrogen (secondary N) is 1. The first-order chi connectivity index (χ1) is 9.20. The maximum Gasteiger partial charge on any atom is 0.251 e. The summed E-state index contributed by atoms with van der Waals surface area (Å²) >= 11 is 6.05. The Balaban J connectivity index is 1.92. The van der Waals surface area contributed by atoms with Crippen LogP contribution in [0.5, 0.6) is 5.75 Å². The number of carbonyl (C=O) groups excluding carboxylic acids is 1. The molecule has 0 aliphatic carbocycles. The second kappa shape index (κ2) is 6.78. The summed E-state index contributed by atoms with van der Waals surface area (Å²) in [6.45, 7) is 3.77. The molecule has 1 aromatic carbocycles. The smallest absolute Gasteiger partial charge is 0.251 e. The summed E-state index contributed by atoms with van der Waals surface area (Å²) in [4.78, 5) is 12.0. The lowest BCUT2D eigenvalue weighted by molar-refractivity contribution is 0.0858. The SMILES string of the molecule is CCOc1ccc(C(=O)NC[C@H]2CCCO2)cc1Cl. The molecule has 0 saturated carbocycles. The van der Waals surface area contributed by atoms with E-state index in [1.165, 1.54) is 0 Å². The van der Waals surface area contributed by atoms with Crippen LogP contribution >= 0.6 is 11.6 Å². The van der Waals surface area contributed by atoms with Gasteiger partial charge < -0.3 is 14.8 Å². The summed E-state index contributed by atoms with van der Waals surface area (Å²) in [5.41, 5.74) is 0.534. The summed E-state index contributed by atoms with van der Waals surface area (Å²) < 4.78 is 10.8. The number of hydrogen-bond acceptors (Lipinski definition) is 3. The summed E-state index contributed by atoms with van der Waals surface area (Å²) in [7, 11) is 0. The number of amides is 1. The highest BCUT2D eigenvalue weighted by atomic mass is 35.5. The molecular formula is C14H18ClNO3. The maximum atomic E-state index is 12.0. The third-order valence-corrected chi connectivity index (χ3v) is 3.30. The van der Waals surface area contributed by atoms with Crippen LogP contribution in [0.25, 0.3) is 0 Å². The van der Waals surface area contributed by atoms with Crippen molar-refractivity contribution in [3.8, 4) is 5.75 Å². The van der Waals surface area contributed by atoms with Gasteiger partial charge in [-0.15, -0.1) is 0 Å². The molecule has 1 aliphatic rings. The van der Waals surface area contributed by atoms with Gasteiger partial charge in [0.05, 0.1) is 17.7 Å². The fourth-order valence-corrected chi connectivity index (χ4v) is 2.26. The quantitative estimate of drug-likeness (QED) is 0.904. The first kappa shape index (κ1) is 14.2. The molecule has 1 fully saturated rings. The van der Waals surface area contributed by atoms with E-state index in [-0.39, 0.29) is 12.0 Å². The zero-order chi connectivity index (χ0) is 13.7. The van der Waals surface area contributed by atoms with Gasteiger partial charge in [0.15, 0.2) is 0 Å². The second-order valence-corrected chi connectivity index (χ2v) is 4.83. The Labute approximate surface area is 118 Å². The predicted octanol–water partition coefficient (Wildman–Crippen LogP) is 2.65. The molecule has 0 aromatic heterocycles. The number of hydrogen-bond donors (Lipinski definition) is 1. The van der Waals surface area contributed by atoms with Gasteiger partial charge in [0.1, 0.15) is 5.75 Å². The Kier molecular flexibility index (Phi) is 5.05. The molecule has 1 heterocycles. The Morgan fingerprint density at radius 1 is 1.58 bits per heavy atom. The molecule has 0 bridgehead atoms. The lowest BCUT2D eigenvalue weighted by Gasteiger charge is -2.11. The fourth-order valence-electron chi connectivity index (χ4n) is 2.03. The number of benzene rings is 1. The van der Waals surface area contributed by atoms with Crippen molar-refractivity contribution in [2.24, 2.45) is 0 Å². The van der Waals surface area contributed by atoms with Crippen molar-refractivity contribution in [3.63, 3.8) is 0 Å². The predicted molar refractivity (Wildman–Crippen MR) is 73.9 cm³/mol. The summed E-state index contributed by atoms with van der Waals surface area (Å²) in [6.07, 6.45) is 2.21. The Morgan fingerprint density at radius 3 is 3.05 bits per heavy atom. The molecule has 1 atom stereocenters. The highest BCUT2D eigenvalue weighted by Crippen LogP contribution is 2.25. The van der Waals surface area contributed by atoms with Gasteiger partial charge in [-0.05, 0) is 38.0 Å². The third-order valence-electron chi connectivity index (χ3n) is 3.01. The van der Waals surface area contributed by atoms with Crippen LogP contribution in [0.15, 0.2) is 18.2 Å². The van der Waals surface area contributed by atoms with Crippen LogP contribution in [-0.2, 0) is 4.74 Å². The van der Waals surface area contributed by atoms with Gasteiger partial charge in [0, 0.05) is 18.7 Å². The van der Waals surface area contributed by atoms with E-state index >= 15 is 0 Å². The molecule has 0 radical (unpaired) electrons. The van der Waals surface area contributed by atoms with Crippen molar-refractivity contribution >= 4 is 17.5 Å². The second-order valence-electron chi connectivity index (χ2n) is 4.42. The number of carbonyl (C=O) groups is 1. The van der Waals surface area contributed by atoms with E-state index in [2.05, 4.69) is 5.32 Å². The number of ether oxygens (including phenoxy) is 2. The van der Waals surface area contributed by atoms with Crippen LogP contribution in [0.3, 0.4) is 0 Å². The molecule has 1 aliphatic heterocycles. The van der Waals surface area contributed by atoms with Gasteiger partial charge in [0.25, 0.3) is 5.91 Å². The van der Waals surface area contributed by atoms with Crippen molar-refractivity contribution in [1.29, 1.82) is 0 Å². The first-order valence-corrected chi connectivity index (χ1v) is 6.90. The normalized spacial score (nSPS) is 18.3. The molecule has 0 unspecified atom stereocenters. The summed E-state index contributed by atoms with van der Waals surface area (Å²) in [6, 6.07) is 5.05. The minimum Gasteiger partial charge on any atom is -0.492 e. The highest BCUT2D eigenvalue weighted by molar-refractivity contribution is 6.32. The van der Waals surface area contributed by atoms with Crippen LogP contribution < -0.4 is 10.1 Å². The van der Waals surface area contributed by atoms with E-state index in [9.17, 15) is 4.79 Å². The van der Waals surface area contributed by atoms with Crippen LogP contribution in [0.4, 0.5) is 0 Å². The van der Waals surface area contributed by atoms with Crippen molar-refractivity contribution in [2.75, 3.05) is 19.8 Å². The van der Waals surface area contributed by atoms with Crippen LogP contribution in [0.1, 0.15) is 30.1 Å². The average Bonchev–Trinajstić information content (AvgIpc) is 2.91. The molecule has 4 nitrogen and oxygen atoms in total. The van der Waals surface area contributed by atoms with Crippen molar-refractivity contribution < 1.29 is 14.3 Å². The van der Waals surface area contributed by atoms with Crippen LogP contribution in [0, 0.1) is 0 Å². The molecule has 2 rings (SSSR count). The summed E-state index contributed by atoms with van der Waals surface area (Å²) in [5.74, 6) is 0.459. The molecule has 5 heteroatoms. The van der Waals surface area contributed by atoms with Crippen LogP contribution in [-0.4, -0.2) is 31.8 Å². The topological polar surface area (TPSA) is 47.6 Å². The van der Waals surface area contributed by atoms with E-state index in [1.54, 1.807) is 18.2 Å². The Morgan fingerprint density at radius 2 is 2.42 bits per heavy atom. The fraction of sp³-hybridized carbons (Fsp3) is 0.500. The summed E-state index contributed by atoms with van der Waals surface area (Å²) in [5, 5.41) is 3.31. The number of halogens is 1. The van der Waals surface area contributed by atoms with Gasteiger partial charge >= 0.3 is 0 Å². The van der Waals surface area contributed by atoms with Gasteiger partial charge in [-0.2, -0.15) is 0 Å². The van der Waals surface area contributed by atoms with E-state index in [1.807, 2.05) is 6.92 Å². The average molecular weight is 284 g/mol. The van der Waals surface area contributed by atoms with Crippen molar-refractivity contribution in [3.05, 3.63) is 28.8 Å². The van der Waals surface area contributed by atoms with Gasteiger partial charge in [0.2, 0.25) is 0 Å². The van der Waals surface area contributed by atoms with Crippen molar-refractivity contribution in [2.45, 2.75) is 25.9 Å². The lowest BCUT2D eigenvalue weighted by Crippen LogP contribution is -2.31. The van der Waals surface area contributed by atoms with E-state index in [0.717, 1.165) is 19.4 Å². The third kappa shape index (κ3) is 3.85. The Hall–Kier alpha value is -1.26. The molecule has 1 amide bonds. The van der Waals surface area contributed by atoms with E-state index in [0.29, 0.717) is 29.5 Å². The van der Waals surface area contributed by atoms with Gasteiger partial charge in [-0.3, -0.25) is 4.79 Å². The molecule has 1 saturated heterocycles. The van der Waals surface area contributed by atoms with Gasteiger partial charge in [-0.1, -0.05) is 11.6 Å². The molecule has 104 valence electrons. The monoisotopic (exact) mass is 283 g/mol. The first-order valence-electron chi connectivity index (χ1n) is 6.53.